The number of hydrogen-bond acceptors (Lipinski definition) is 4. The summed E-state index contributed by atoms with van der Waals surface area (Å²) in [7, 11) is 0. The molecule has 0 spiro atoms. The standard InChI is InChI=1S/C20H28N4/c1-3-24(4-2)19-15-18(16-11-7-5-8-12-16)22-20(23-19)21-17-13-9-6-10-14-17/h5,7-8,11-12,15,17H,3-4,6,9-10,13-14H2,1-2H3,(H,21,22,23). The minimum absolute atomic E-state index is 0.509. The Morgan fingerprint density at radius 2 is 1.71 bits per heavy atom. The quantitative estimate of drug-likeness (QED) is 0.833. The van der Waals surface area contributed by atoms with E-state index in [1.54, 1.807) is 0 Å². The molecule has 2 aromatic rings. The van der Waals surface area contributed by atoms with Crippen molar-refractivity contribution in [2.24, 2.45) is 0 Å². The van der Waals surface area contributed by atoms with Crippen molar-refractivity contribution in [1.29, 1.82) is 0 Å². The smallest absolute Gasteiger partial charge is 0.225 e. The monoisotopic (exact) mass is 324 g/mol. The summed E-state index contributed by atoms with van der Waals surface area (Å²) in [5, 5.41) is 3.59. The Kier molecular flexibility index (Phi) is 5.68. The molecule has 128 valence electrons. The van der Waals surface area contributed by atoms with Crippen LogP contribution in [0.1, 0.15) is 46.0 Å². The molecule has 1 aromatic heterocycles. The molecule has 1 aliphatic carbocycles. The second kappa shape index (κ2) is 8.13. The van der Waals surface area contributed by atoms with Crippen LogP contribution in [-0.2, 0) is 0 Å². The highest BCUT2D eigenvalue weighted by molar-refractivity contribution is 5.64. The zero-order chi connectivity index (χ0) is 16.8. The first-order valence-corrected chi connectivity index (χ1v) is 9.26. The normalized spacial score (nSPS) is 15.2. The van der Waals surface area contributed by atoms with E-state index in [2.05, 4.69) is 54.4 Å². The van der Waals surface area contributed by atoms with E-state index in [-0.39, 0.29) is 0 Å². The molecule has 0 saturated heterocycles. The Labute approximate surface area is 145 Å². The summed E-state index contributed by atoms with van der Waals surface area (Å²) in [6, 6.07) is 13.0. The average Bonchev–Trinajstić information content (AvgIpc) is 2.64. The fourth-order valence-corrected chi connectivity index (χ4v) is 3.39. The molecule has 0 amide bonds. The van der Waals surface area contributed by atoms with Crippen molar-refractivity contribution in [2.45, 2.75) is 52.0 Å². The molecule has 0 unspecified atom stereocenters. The first-order chi connectivity index (χ1) is 11.8. The molecule has 0 atom stereocenters. The molecule has 24 heavy (non-hydrogen) atoms. The van der Waals surface area contributed by atoms with Gasteiger partial charge in [0.15, 0.2) is 0 Å². The summed E-state index contributed by atoms with van der Waals surface area (Å²) >= 11 is 0. The predicted molar refractivity (Wildman–Crippen MR) is 102 cm³/mol. The Morgan fingerprint density at radius 1 is 1.00 bits per heavy atom. The lowest BCUT2D eigenvalue weighted by Gasteiger charge is -2.25. The largest absolute Gasteiger partial charge is 0.357 e. The molecule has 1 aromatic carbocycles. The SMILES string of the molecule is CCN(CC)c1cc(-c2ccccc2)nc(NC2CCCCC2)n1. The van der Waals surface area contributed by atoms with Crippen molar-refractivity contribution < 1.29 is 0 Å². The van der Waals surface area contributed by atoms with Crippen LogP contribution in [0, 0.1) is 0 Å². The van der Waals surface area contributed by atoms with Gasteiger partial charge in [-0.05, 0) is 26.7 Å². The molecule has 4 nitrogen and oxygen atoms in total. The third-order valence-electron chi connectivity index (χ3n) is 4.81. The first kappa shape index (κ1) is 16.7. The number of benzene rings is 1. The van der Waals surface area contributed by atoms with Gasteiger partial charge in [0, 0.05) is 30.8 Å². The molecular formula is C20H28N4. The Balaban J connectivity index is 1.92. The zero-order valence-corrected chi connectivity index (χ0v) is 14.8. The summed E-state index contributed by atoms with van der Waals surface area (Å²) < 4.78 is 0. The minimum Gasteiger partial charge on any atom is -0.357 e. The number of aromatic nitrogens is 2. The fraction of sp³-hybridized carbons (Fsp3) is 0.500. The molecular weight excluding hydrogens is 296 g/mol. The van der Waals surface area contributed by atoms with Gasteiger partial charge in [-0.2, -0.15) is 4.98 Å². The van der Waals surface area contributed by atoms with E-state index in [4.69, 9.17) is 9.97 Å². The third-order valence-corrected chi connectivity index (χ3v) is 4.81. The van der Waals surface area contributed by atoms with Gasteiger partial charge >= 0.3 is 0 Å². The van der Waals surface area contributed by atoms with Crippen LogP contribution in [0.5, 0.6) is 0 Å². The summed E-state index contributed by atoms with van der Waals surface area (Å²) in [5.41, 5.74) is 2.13. The molecule has 0 radical (unpaired) electrons. The molecule has 0 bridgehead atoms. The Morgan fingerprint density at radius 3 is 2.38 bits per heavy atom. The van der Waals surface area contributed by atoms with Crippen LogP contribution in [0.4, 0.5) is 11.8 Å². The zero-order valence-electron chi connectivity index (χ0n) is 14.8. The van der Waals surface area contributed by atoms with Gasteiger partial charge in [0.25, 0.3) is 0 Å². The molecule has 1 fully saturated rings. The molecule has 0 aliphatic heterocycles. The van der Waals surface area contributed by atoms with Crippen LogP contribution < -0.4 is 10.2 Å². The lowest BCUT2D eigenvalue weighted by atomic mass is 9.96. The maximum absolute atomic E-state index is 4.80. The van der Waals surface area contributed by atoms with E-state index in [1.165, 1.54) is 32.1 Å². The van der Waals surface area contributed by atoms with Gasteiger partial charge in [-0.3, -0.25) is 0 Å². The van der Waals surface area contributed by atoms with Gasteiger partial charge in [0.2, 0.25) is 5.95 Å². The number of hydrogen-bond donors (Lipinski definition) is 1. The third kappa shape index (κ3) is 4.05. The Bertz CT molecular complexity index is 631. The van der Waals surface area contributed by atoms with E-state index in [1.807, 2.05) is 6.07 Å². The van der Waals surface area contributed by atoms with Crippen molar-refractivity contribution in [3.05, 3.63) is 36.4 Å². The Hall–Kier alpha value is -2.10. The topological polar surface area (TPSA) is 41.1 Å². The van der Waals surface area contributed by atoms with Crippen molar-refractivity contribution in [3.8, 4) is 11.3 Å². The highest BCUT2D eigenvalue weighted by atomic mass is 15.2. The molecule has 1 saturated carbocycles. The molecule has 1 aliphatic rings. The van der Waals surface area contributed by atoms with Crippen molar-refractivity contribution in [3.63, 3.8) is 0 Å². The summed E-state index contributed by atoms with van der Waals surface area (Å²) in [6.45, 7) is 6.24. The molecule has 1 heterocycles. The van der Waals surface area contributed by atoms with Gasteiger partial charge < -0.3 is 10.2 Å². The minimum atomic E-state index is 0.509. The highest BCUT2D eigenvalue weighted by Crippen LogP contribution is 2.25. The number of anilines is 2. The highest BCUT2D eigenvalue weighted by Gasteiger charge is 2.16. The van der Waals surface area contributed by atoms with Crippen molar-refractivity contribution in [2.75, 3.05) is 23.3 Å². The van der Waals surface area contributed by atoms with Crippen LogP contribution in [0.25, 0.3) is 11.3 Å². The van der Waals surface area contributed by atoms with E-state index in [0.717, 1.165) is 36.1 Å². The maximum Gasteiger partial charge on any atom is 0.225 e. The summed E-state index contributed by atoms with van der Waals surface area (Å²) in [5.74, 6) is 1.78. The van der Waals surface area contributed by atoms with E-state index in [9.17, 15) is 0 Å². The second-order valence-electron chi connectivity index (χ2n) is 6.45. The van der Waals surface area contributed by atoms with Crippen LogP contribution in [-0.4, -0.2) is 29.1 Å². The number of nitrogens with one attached hydrogen (secondary N) is 1. The van der Waals surface area contributed by atoms with Crippen LogP contribution in [0.3, 0.4) is 0 Å². The number of nitrogens with zero attached hydrogens (tertiary/aromatic N) is 3. The van der Waals surface area contributed by atoms with Gasteiger partial charge in [-0.15, -0.1) is 0 Å². The second-order valence-corrected chi connectivity index (χ2v) is 6.45. The van der Waals surface area contributed by atoms with E-state index >= 15 is 0 Å². The summed E-state index contributed by atoms with van der Waals surface area (Å²) in [4.78, 5) is 11.9. The van der Waals surface area contributed by atoms with E-state index < -0.39 is 0 Å². The molecule has 3 rings (SSSR count). The molecule has 4 heteroatoms. The van der Waals surface area contributed by atoms with Gasteiger partial charge in [0.05, 0.1) is 5.69 Å². The fourth-order valence-electron chi connectivity index (χ4n) is 3.39. The lowest BCUT2D eigenvalue weighted by molar-refractivity contribution is 0.461. The number of rotatable bonds is 6. The van der Waals surface area contributed by atoms with Crippen LogP contribution in [0.2, 0.25) is 0 Å². The summed E-state index contributed by atoms with van der Waals surface area (Å²) in [6.07, 6.45) is 6.41. The van der Waals surface area contributed by atoms with Gasteiger partial charge in [-0.1, -0.05) is 49.6 Å². The van der Waals surface area contributed by atoms with Crippen LogP contribution in [0.15, 0.2) is 36.4 Å². The first-order valence-electron chi connectivity index (χ1n) is 9.26. The van der Waals surface area contributed by atoms with Crippen molar-refractivity contribution >= 4 is 11.8 Å². The maximum atomic E-state index is 4.80. The van der Waals surface area contributed by atoms with Crippen molar-refractivity contribution in [1.82, 2.24) is 9.97 Å². The predicted octanol–water partition coefficient (Wildman–Crippen LogP) is 4.73. The van der Waals surface area contributed by atoms with Crippen LogP contribution >= 0.6 is 0 Å². The van der Waals surface area contributed by atoms with Gasteiger partial charge in [0.1, 0.15) is 5.82 Å². The lowest BCUT2D eigenvalue weighted by Crippen LogP contribution is -2.26. The molecule has 1 N–H and O–H groups in total. The van der Waals surface area contributed by atoms with Gasteiger partial charge in [-0.25, -0.2) is 4.98 Å². The van der Waals surface area contributed by atoms with E-state index in [0.29, 0.717) is 6.04 Å². The average molecular weight is 324 g/mol.